The van der Waals surface area contributed by atoms with Crippen molar-refractivity contribution < 1.29 is 9.53 Å². The zero-order valence-corrected chi connectivity index (χ0v) is 14.4. The fourth-order valence-electron chi connectivity index (χ4n) is 2.52. The largest absolute Gasteiger partial charge is 0.377 e. The number of halogens is 1. The van der Waals surface area contributed by atoms with E-state index in [1.54, 1.807) is 24.3 Å². The third-order valence-electron chi connectivity index (χ3n) is 3.63. The van der Waals surface area contributed by atoms with Crippen molar-refractivity contribution in [3.63, 3.8) is 0 Å². The maximum absolute atomic E-state index is 12.2. The number of carbonyl (C=O) groups is 1. The predicted octanol–water partition coefficient (Wildman–Crippen LogP) is 3.06. The zero-order valence-electron chi connectivity index (χ0n) is 12.8. The normalized spacial score (nSPS) is 21.3. The molecule has 23 heavy (non-hydrogen) atoms. The molecular weight excluding hydrogens is 336 g/mol. The Morgan fingerprint density at radius 3 is 2.57 bits per heavy atom. The van der Waals surface area contributed by atoms with Gasteiger partial charge in [0, 0.05) is 10.6 Å². The van der Waals surface area contributed by atoms with Crippen molar-refractivity contribution in [3.05, 3.63) is 34.9 Å². The number of nitrogens with zero attached hydrogens (tertiary/aromatic N) is 3. The van der Waals surface area contributed by atoms with E-state index in [0.29, 0.717) is 28.9 Å². The van der Waals surface area contributed by atoms with Crippen molar-refractivity contribution in [2.75, 3.05) is 23.4 Å². The van der Waals surface area contributed by atoms with Gasteiger partial charge in [0.15, 0.2) is 0 Å². The number of nitrogens with one attached hydrogen (secondary N) is 1. The van der Waals surface area contributed by atoms with Crippen LogP contribution >= 0.6 is 22.9 Å². The minimum atomic E-state index is -0.229. The molecule has 1 amide bonds. The molecule has 1 aliphatic rings. The molecule has 0 saturated carbocycles. The minimum absolute atomic E-state index is 0.228. The van der Waals surface area contributed by atoms with Gasteiger partial charge in [-0.15, -0.1) is 10.2 Å². The van der Waals surface area contributed by atoms with E-state index in [1.165, 1.54) is 11.3 Å². The summed E-state index contributed by atoms with van der Waals surface area (Å²) in [5, 5.41) is 12.9. The molecule has 0 spiro atoms. The van der Waals surface area contributed by atoms with Crippen LogP contribution in [0, 0.1) is 0 Å². The van der Waals surface area contributed by atoms with Gasteiger partial charge in [0.2, 0.25) is 10.3 Å². The fourth-order valence-corrected chi connectivity index (χ4v) is 3.59. The Morgan fingerprint density at radius 1 is 1.26 bits per heavy atom. The van der Waals surface area contributed by atoms with Crippen LogP contribution in [0.15, 0.2) is 24.3 Å². The topological polar surface area (TPSA) is 67.3 Å². The third-order valence-corrected chi connectivity index (χ3v) is 4.73. The van der Waals surface area contributed by atoms with E-state index in [2.05, 4.69) is 34.3 Å². The standard InChI is InChI=1S/C15H17ClN4O2S/c1-9-7-22-8-10(2)20(9)15-19-18-14(23-15)17-13(21)11-3-5-12(16)6-4-11/h3-6,9-10H,7-8H2,1-2H3,(H,17,18,21)/t9-,10-/m0/s1. The quantitative estimate of drug-likeness (QED) is 0.919. The summed E-state index contributed by atoms with van der Waals surface area (Å²) >= 11 is 7.19. The number of ether oxygens (including phenoxy) is 1. The van der Waals surface area contributed by atoms with E-state index in [0.717, 1.165) is 5.13 Å². The number of anilines is 2. The highest BCUT2D eigenvalue weighted by molar-refractivity contribution is 7.19. The second-order valence-electron chi connectivity index (χ2n) is 5.49. The molecule has 2 atom stereocenters. The van der Waals surface area contributed by atoms with Crippen molar-refractivity contribution >= 4 is 39.1 Å². The number of hydrogen-bond acceptors (Lipinski definition) is 6. The lowest BCUT2D eigenvalue weighted by atomic mass is 10.2. The molecular formula is C15H17ClN4O2S. The van der Waals surface area contributed by atoms with Crippen molar-refractivity contribution in [3.8, 4) is 0 Å². The van der Waals surface area contributed by atoms with Gasteiger partial charge in [0.25, 0.3) is 5.91 Å². The van der Waals surface area contributed by atoms with E-state index < -0.39 is 0 Å². The molecule has 2 aromatic rings. The molecule has 1 fully saturated rings. The van der Waals surface area contributed by atoms with Crippen LogP contribution in [0.3, 0.4) is 0 Å². The molecule has 6 nitrogen and oxygen atoms in total. The second kappa shape index (κ2) is 6.82. The van der Waals surface area contributed by atoms with Crippen LogP contribution in [0.4, 0.5) is 10.3 Å². The summed E-state index contributed by atoms with van der Waals surface area (Å²) in [6.45, 7) is 5.50. The van der Waals surface area contributed by atoms with Crippen LogP contribution in [0.25, 0.3) is 0 Å². The van der Waals surface area contributed by atoms with Crippen molar-refractivity contribution in [1.29, 1.82) is 0 Å². The van der Waals surface area contributed by atoms with Gasteiger partial charge in [-0.25, -0.2) is 0 Å². The lowest BCUT2D eigenvalue weighted by molar-refractivity contribution is 0.0756. The monoisotopic (exact) mass is 352 g/mol. The van der Waals surface area contributed by atoms with E-state index in [1.807, 2.05) is 0 Å². The van der Waals surface area contributed by atoms with Gasteiger partial charge in [-0.1, -0.05) is 22.9 Å². The van der Waals surface area contributed by atoms with E-state index in [9.17, 15) is 4.79 Å². The van der Waals surface area contributed by atoms with E-state index in [4.69, 9.17) is 16.3 Å². The Morgan fingerprint density at radius 2 is 1.91 bits per heavy atom. The van der Waals surface area contributed by atoms with E-state index in [-0.39, 0.29) is 18.0 Å². The molecule has 1 N–H and O–H groups in total. The van der Waals surface area contributed by atoms with Crippen molar-refractivity contribution in [1.82, 2.24) is 10.2 Å². The van der Waals surface area contributed by atoms with Crippen LogP contribution in [-0.2, 0) is 4.74 Å². The lowest BCUT2D eigenvalue weighted by Crippen LogP contribution is -2.49. The van der Waals surface area contributed by atoms with Crippen LogP contribution < -0.4 is 10.2 Å². The summed E-state index contributed by atoms with van der Waals surface area (Å²) in [5.41, 5.74) is 0.527. The molecule has 0 unspecified atom stereocenters. The number of amides is 1. The summed E-state index contributed by atoms with van der Waals surface area (Å²) in [5.74, 6) is -0.229. The average Bonchev–Trinajstić information content (AvgIpc) is 2.96. The molecule has 8 heteroatoms. The van der Waals surface area contributed by atoms with Gasteiger partial charge in [-0.3, -0.25) is 10.1 Å². The van der Waals surface area contributed by atoms with Gasteiger partial charge < -0.3 is 9.64 Å². The van der Waals surface area contributed by atoms with Crippen molar-refractivity contribution in [2.24, 2.45) is 0 Å². The molecule has 3 rings (SSSR count). The third kappa shape index (κ3) is 3.63. The predicted molar refractivity (Wildman–Crippen MR) is 91.5 cm³/mol. The number of morpholine rings is 1. The Kier molecular flexibility index (Phi) is 4.79. The molecule has 1 aliphatic heterocycles. The maximum atomic E-state index is 12.2. The lowest BCUT2D eigenvalue weighted by Gasteiger charge is -2.38. The van der Waals surface area contributed by atoms with Crippen LogP contribution in [-0.4, -0.2) is 41.4 Å². The number of hydrogen-bond donors (Lipinski definition) is 1. The highest BCUT2D eigenvalue weighted by atomic mass is 35.5. The highest BCUT2D eigenvalue weighted by Crippen LogP contribution is 2.29. The SMILES string of the molecule is C[C@H]1COC[C@H](C)N1c1nnc(NC(=O)c2ccc(Cl)cc2)s1. The molecule has 1 saturated heterocycles. The van der Waals surface area contributed by atoms with Gasteiger partial charge in [-0.2, -0.15) is 0 Å². The molecule has 1 aromatic carbocycles. The van der Waals surface area contributed by atoms with Crippen molar-refractivity contribution in [2.45, 2.75) is 25.9 Å². The number of aromatic nitrogens is 2. The Hall–Kier alpha value is -1.70. The maximum Gasteiger partial charge on any atom is 0.257 e. The van der Waals surface area contributed by atoms with E-state index >= 15 is 0 Å². The summed E-state index contributed by atoms with van der Waals surface area (Å²) < 4.78 is 5.52. The van der Waals surface area contributed by atoms with Gasteiger partial charge >= 0.3 is 0 Å². The molecule has 2 heterocycles. The Bertz CT molecular complexity index is 681. The molecule has 0 radical (unpaired) electrons. The Balaban J connectivity index is 1.71. The summed E-state index contributed by atoms with van der Waals surface area (Å²) in [4.78, 5) is 14.4. The first kappa shape index (κ1) is 16.2. The van der Waals surface area contributed by atoms with Crippen LogP contribution in [0.2, 0.25) is 5.02 Å². The number of benzene rings is 1. The first-order valence-electron chi connectivity index (χ1n) is 7.31. The van der Waals surface area contributed by atoms with Crippen LogP contribution in [0.1, 0.15) is 24.2 Å². The minimum Gasteiger partial charge on any atom is -0.377 e. The van der Waals surface area contributed by atoms with Crippen LogP contribution in [0.5, 0.6) is 0 Å². The number of carbonyl (C=O) groups excluding carboxylic acids is 1. The summed E-state index contributed by atoms with van der Waals surface area (Å²) in [6.07, 6.45) is 0. The number of rotatable bonds is 3. The molecule has 122 valence electrons. The summed E-state index contributed by atoms with van der Waals surface area (Å²) in [6, 6.07) is 7.16. The smallest absolute Gasteiger partial charge is 0.257 e. The second-order valence-corrected chi connectivity index (χ2v) is 6.89. The molecule has 0 bridgehead atoms. The Labute approximate surface area is 143 Å². The van der Waals surface area contributed by atoms with Gasteiger partial charge in [0.05, 0.1) is 25.3 Å². The summed E-state index contributed by atoms with van der Waals surface area (Å²) in [7, 11) is 0. The highest BCUT2D eigenvalue weighted by Gasteiger charge is 2.28. The fraction of sp³-hybridized carbons (Fsp3) is 0.400. The van der Waals surface area contributed by atoms with Gasteiger partial charge in [0.1, 0.15) is 0 Å². The first-order valence-corrected chi connectivity index (χ1v) is 8.50. The average molecular weight is 353 g/mol. The van der Waals surface area contributed by atoms with Gasteiger partial charge in [-0.05, 0) is 38.1 Å². The zero-order chi connectivity index (χ0) is 16.4. The molecule has 1 aromatic heterocycles. The first-order chi connectivity index (χ1) is 11.0. The molecule has 0 aliphatic carbocycles.